The molecule has 0 radical (unpaired) electrons. The molecule has 0 aromatic carbocycles. The third kappa shape index (κ3) is 4.86. The van der Waals surface area contributed by atoms with Crippen LogP contribution in [0.15, 0.2) is 0 Å². The largest absolute Gasteiger partial charge is 0.387 e. The Labute approximate surface area is 68.6 Å². The zero-order chi connectivity index (χ0) is 8.41. The Morgan fingerprint density at radius 2 is 1.90 bits per heavy atom. The second kappa shape index (κ2) is 2.96. The number of rotatable bonds is 2. The molecule has 0 aliphatic rings. The standard InChI is InChI=1S/C7H13ClOSi/c1-6-7(2,3)9-10(4,5)8/h1H,2-5H3. The van der Waals surface area contributed by atoms with Crippen LogP contribution in [-0.2, 0) is 4.43 Å². The first kappa shape index (κ1) is 10.0. The molecule has 0 amide bonds. The molecule has 0 rings (SSSR count). The van der Waals surface area contributed by atoms with E-state index in [0.29, 0.717) is 0 Å². The van der Waals surface area contributed by atoms with Crippen LogP contribution in [0.4, 0.5) is 0 Å². The second-order valence-corrected chi connectivity index (χ2v) is 8.78. The summed E-state index contributed by atoms with van der Waals surface area (Å²) in [4.78, 5) is 0. The molecule has 58 valence electrons. The first-order valence-electron chi connectivity index (χ1n) is 3.14. The lowest BCUT2D eigenvalue weighted by Gasteiger charge is -2.26. The average Bonchev–Trinajstić information content (AvgIpc) is 1.60. The summed E-state index contributed by atoms with van der Waals surface area (Å²) in [6.45, 7) is 7.47. The minimum absolute atomic E-state index is 0.516. The molecule has 0 atom stereocenters. The zero-order valence-electron chi connectivity index (χ0n) is 6.86. The van der Waals surface area contributed by atoms with Crippen molar-refractivity contribution in [2.24, 2.45) is 0 Å². The van der Waals surface area contributed by atoms with Gasteiger partial charge in [-0.15, -0.1) is 17.5 Å². The van der Waals surface area contributed by atoms with Crippen LogP contribution in [0.3, 0.4) is 0 Å². The Kier molecular flexibility index (Phi) is 2.96. The van der Waals surface area contributed by atoms with Crippen LogP contribution in [0.5, 0.6) is 0 Å². The van der Waals surface area contributed by atoms with Crippen LogP contribution in [0.2, 0.25) is 13.1 Å². The van der Waals surface area contributed by atoms with Crippen LogP contribution < -0.4 is 0 Å². The molecule has 10 heavy (non-hydrogen) atoms. The van der Waals surface area contributed by atoms with Gasteiger partial charge in [0.05, 0.1) is 0 Å². The highest BCUT2D eigenvalue weighted by Gasteiger charge is 2.27. The van der Waals surface area contributed by atoms with Gasteiger partial charge in [0.2, 0.25) is 0 Å². The summed E-state index contributed by atoms with van der Waals surface area (Å²) in [6.07, 6.45) is 5.20. The van der Waals surface area contributed by atoms with Crippen molar-refractivity contribution in [3.8, 4) is 12.3 Å². The van der Waals surface area contributed by atoms with Gasteiger partial charge in [-0.3, -0.25) is 0 Å². The summed E-state index contributed by atoms with van der Waals surface area (Å²) in [5, 5.41) is 0. The van der Waals surface area contributed by atoms with Crippen molar-refractivity contribution >= 4 is 18.7 Å². The Hall–Kier alpha value is 0.0269. The van der Waals surface area contributed by atoms with E-state index in [1.807, 2.05) is 26.9 Å². The van der Waals surface area contributed by atoms with E-state index in [2.05, 4.69) is 5.92 Å². The number of halogens is 1. The molecule has 0 aromatic rings. The quantitative estimate of drug-likeness (QED) is 0.357. The Morgan fingerprint density at radius 1 is 1.50 bits per heavy atom. The number of hydrogen-bond donors (Lipinski definition) is 0. The minimum atomic E-state index is -1.98. The van der Waals surface area contributed by atoms with Gasteiger partial charge in [-0.25, -0.2) is 0 Å². The third-order valence-corrected chi connectivity index (χ3v) is 2.07. The fourth-order valence-corrected chi connectivity index (χ4v) is 2.49. The molecule has 0 N–H and O–H groups in total. The second-order valence-electron chi connectivity index (χ2n) is 3.12. The molecule has 0 bridgehead atoms. The van der Waals surface area contributed by atoms with Crippen molar-refractivity contribution < 1.29 is 4.43 Å². The highest BCUT2D eigenvalue weighted by molar-refractivity contribution is 7.15. The van der Waals surface area contributed by atoms with E-state index >= 15 is 0 Å². The average molecular weight is 177 g/mol. The van der Waals surface area contributed by atoms with Gasteiger partial charge in [0.1, 0.15) is 5.60 Å². The lowest BCUT2D eigenvalue weighted by Crippen LogP contribution is -2.35. The number of terminal acetylenes is 1. The first-order valence-corrected chi connectivity index (χ1v) is 7.06. The van der Waals surface area contributed by atoms with Crippen molar-refractivity contribution in [2.75, 3.05) is 0 Å². The molecule has 0 saturated heterocycles. The molecule has 0 aliphatic carbocycles. The monoisotopic (exact) mass is 176 g/mol. The highest BCUT2D eigenvalue weighted by atomic mass is 35.6. The van der Waals surface area contributed by atoms with Crippen molar-refractivity contribution in [3.63, 3.8) is 0 Å². The topological polar surface area (TPSA) is 9.23 Å². The van der Waals surface area contributed by atoms with E-state index in [1.165, 1.54) is 0 Å². The molecule has 0 aromatic heterocycles. The van der Waals surface area contributed by atoms with E-state index in [9.17, 15) is 0 Å². The maximum atomic E-state index is 5.92. The van der Waals surface area contributed by atoms with Crippen LogP contribution in [-0.4, -0.2) is 13.2 Å². The maximum Gasteiger partial charge on any atom is 0.285 e. The minimum Gasteiger partial charge on any atom is -0.387 e. The third-order valence-electron chi connectivity index (χ3n) is 0.845. The van der Waals surface area contributed by atoms with Crippen LogP contribution >= 0.6 is 11.1 Å². The highest BCUT2D eigenvalue weighted by Crippen LogP contribution is 2.18. The molecule has 0 spiro atoms. The van der Waals surface area contributed by atoms with Crippen molar-refractivity contribution in [2.45, 2.75) is 32.5 Å². The van der Waals surface area contributed by atoms with E-state index in [-0.39, 0.29) is 0 Å². The lowest BCUT2D eigenvalue weighted by molar-refractivity contribution is 0.170. The van der Waals surface area contributed by atoms with Crippen molar-refractivity contribution in [1.29, 1.82) is 0 Å². The summed E-state index contributed by atoms with van der Waals surface area (Å²) >= 11 is 5.92. The zero-order valence-corrected chi connectivity index (χ0v) is 8.62. The van der Waals surface area contributed by atoms with Crippen LogP contribution in [0, 0.1) is 12.3 Å². The van der Waals surface area contributed by atoms with Gasteiger partial charge in [0, 0.05) is 0 Å². The lowest BCUT2D eigenvalue weighted by atomic mass is 10.2. The van der Waals surface area contributed by atoms with E-state index in [0.717, 1.165) is 0 Å². The van der Waals surface area contributed by atoms with E-state index in [1.54, 1.807) is 0 Å². The van der Waals surface area contributed by atoms with Crippen LogP contribution in [0.1, 0.15) is 13.8 Å². The van der Waals surface area contributed by atoms with Gasteiger partial charge >= 0.3 is 0 Å². The predicted molar refractivity (Wildman–Crippen MR) is 47.3 cm³/mol. The number of hydrogen-bond acceptors (Lipinski definition) is 1. The summed E-state index contributed by atoms with van der Waals surface area (Å²) in [6, 6.07) is 0. The summed E-state index contributed by atoms with van der Waals surface area (Å²) in [5.41, 5.74) is -0.516. The van der Waals surface area contributed by atoms with Gasteiger partial charge in [0.25, 0.3) is 7.63 Å². The van der Waals surface area contributed by atoms with E-state index in [4.69, 9.17) is 21.9 Å². The normalized spacial score (nSPS) is 12.8. The summed E-state index contributed by atoms with van der Waals surface area (Å²) in [5.74, 6) is 2.53. The SMILES string of the molecule is C#CC(C)(C)O[Si](C)(C)Cl. The van der Waals surface area contributed by atoms with Gasteiger partial charge in [-0.05, 0) is 26.9 Å². The van der Waals surface area contributed by atoms with Gasteiger partial charge in [-0.2, -0.15) is 0 Å². The molecule has 0 aliphatic heterocycles. The predicted octanol–water partition coefficient (Wildman–Crippen LogP) is 2.36. The molecule has 3 heteroatoms. The Balaban J connectivity index is 4.05. The smallest absolute Gasteiger partial charge is 0.285 e. The summed E-state index contributed by atoms with van der Waals surface area (Å²) in [7, 11) is -1.98. The molecule has 0 fully saturated rings. The molecule has 0 saturated carbocycles. The van der Waals surface area contributed by atoms with Crippen molar-refractivity contribution in [3.05, 3.63) is 0 Å². The molecule has 0 unspecified atom stereocenters. The fourth-order valence-electron chi connectivity index (χ4n) is 0.636. The molecular weight excluding hydrogens is 164 g/mol. The first-order chi connectivity index (χ1) is 4.27. The molecular formula is C7H13ClOSi. The van der Waals surface area contributed by atoms with Crippen LogP contribution in [0.25, 0.3) is 0 Å². The van der Waals surface area contributed by atoms with Gasteiger partial charge in [0.15, 0.2) is 0 Å². The van der Waals surface area contributed by atoms with E-state index < -0.39 is 13.2 Å². The van der Waals surface area contributed by atoms with Gasteiger partial charge in [-0.1, -0.05) is 5.92 Å². The Morgan fingerprint density at radius 3 is 2.00 bits per heavy atom. The van der Waals surface area contributed by atoms with Gasteiger partial charge < -0.3 is 4.43 Å². The molecule has 0 heterocycles. The fraction of sp³-hybridized carbons (Fsp3) is 0.714. The maximum absolute atomic E-state index is 5.92. The Bertz CT molecular complexity index is 152. The molecule has 1 nitrogen and oxygen atoms in total. The summed E-state index contributed by atoms with van der Waals surface area (Å²) < 4.78 is 5.44. The van der Waals surface area contributed by atoms with Crippen molar-refractivity contribution in [1.82, 2.24) is 0 Å².